The molecule has 128 valence electrons. The third kappa shape index (κ3) is 4.31. The number of carbonyl (C=O) groups is 1. The van der Waals surface area contributed by atoms with Gasteiger partial charge in [-0.15, -0.1) is 0 Å². The molecule has 1 unspecified atom stereocenters. The zero-order chi connectivity index (χ0) is 17.8. The van der Waals surface area contributed by atoms with E-state index in [4.69, 9.17) is 0 Å². The summed E-state index contributed by atoms with van der Waals surface area (Å²) in [5.41, 5.74) is 5.07. The predicted octanol–water partition coefficient (Wildman–Crippen LogP) is 4.81. The van der Waals surface area contributed by atoms with Crippen LogP contribution in [-0.4, -0.2) is 21.1 Å². The second-order valence-electron chi connectivity index (χ2n) is 6.04. The molecule has 0 aliphatic heterocycles. The Morgan fingerprint density at radius 1 is 1.16 bits per heavy atom. The minimum atomic E-state index is -0.255. The maximum Gasteiger partial charge on any atom is 0.237 e. The van der Waals surface area contributed by atoms with Crippen molar-refractivity contribution in [3.8, 4) is 11.3 Å². The van der Waals surface area contributed by atoms with Gasteiger partial charge in [0.25, 0.3) is 0 Å². The lowest BCUT2D eigenvalue weighted by molar-refractivity contribution is -0.115. The van der Waals surface area contributed by atoms with Crippen LogP contribution in [0, 0.1) is 13.8 Å². The summed E-state index contributed by atoms with van der Waals surface area (Å²) in [6.45, 7) is 5.89. The van der Waals surface area contributed by atoms with E-state index in [2.05, 4.69) is 15.3 Å². The number of rotatable bonds is 5. The van der Waals surface area contributed by atoms with Crippen molar-refractivity contribution in [1.82, 2.24) is 9.97 Å². The molecule has 0 spiro atoms. The number of aryl methyl sites for hydroxylation is 2. The number of H-pyrrole nitrogens is 1. The Kier molecular flexibility index (Phi) is 5.24. The maximum atomic E-state index is 12.5. The molecule has 1 amide bonds. The van der Waals surface area contributed by atoms with E-state index < -0.39 is 0 Å². The Bertz CT molecular complexity index is 874. The molecule has 1 heterocycles. The Balaban J connectivity index is 1.66. The molecule has 0 bridgehead atoms. The third-order valence-corrected chi connectivity index (χ3v) is 4.94. The summed E-state index contributed by atoms with van der Waals surface area (Å²) in [5, 5.41) is 3.49. The van der Waals surface area contributed by atoms with Crippen molar-refractivity contribution < 1.29 is 4.79 Å². The van der Waals surface area contributed by atoms with Crippen LogP contribution >= 0.6 is 11.8 Å². The number of hydrogen-bond acceptors (Lipinski definition) is 3. The normalized spacial score (nSPS) is 12.0. The maximum absolute atomic E-state index is 12.5. The highest BCUT2D eigenvalue weighted by atomic mass is 32.2. The van der Waals surface area contributed by atoms with Gasteiger partial charge in [-0.3, -0.25) is 4.79 Å². The van der Waals surface area contributed by atoms with Crippen molar-refractivity contribution in [3.63, 3.8) is 0 Å². The van der Waals surface area contributed by atoms with Gasteiger partial charge in [-0.1, -0.05) is 54.2 Å². The summed E-state index contributed by atoms with van der Waals surface area (Å²) in [6, 6.07) is 16.1. The topological polar surface area (TPSA) is 57.8 Å². The van der Waals surface area contributed by atoms with Crippen LogP contribution in [0.3, 0.4) is 0 Å². The fourth-order valence-corrected chi connectivity index (χ4v) is 3.24. The van der Waals surface area contributed by atoms with Crippen molar-refractivity contribution in [2.24, 2.45) is 0 Å². The molecule has 1 aromatic heterocycles. The van der Waals surface area contributed by atoms with Gasteiger partial charge in [0, 0.05) is 5.69 Å². The van der Waals surface area contributed by atoms with Crippen molar-refractivity contribution in [3.05, 3.63) is 65.9 Å². The van der Waals surface area contributed by atoms with Crippen molar-refractivity contribution in [1.29, 1.82) is 0 Å². The number of carbonyl (C=O) groups excluding carboxylic acids is 1. The molecule has 0 fully saturated rings. The van der Waals surface area contributed by atoms with Gasteiger partial charge in [0.1, 0.15) is 0 Å². The molecular weight excluding hydrogens is 330 g/mol. The molecule has 3 rings (SSSR count). The van der Waals surface area contributed by atoms with Crippen molar-refractivity contribution in [2.45, 2.75) is 31.2 Å². The molecule has 0 aliphatic carbocycles. The highest BCUT2D eigenvalue weighted by Crippen LogP contribution is 2.25. The molecule has 5 heteroatoms. The van der Waals surface area contributed by atoms with E-state index in [1.807, 2.05) is 69.3 Å². The molecule has 2 aromatic carbocycles. The van der Waals surface area contributed by atoms with Gasteiger partial charge in [0.05, 0.1) is 17.1 Å². The van der Waals surface area contributed by atoms with E-state index in [1.54, 1.807) is 6.20 Å². The van der Waals surface area contributed by atoms with E-state index in [9.17, 15) is 4.79 Å². The smallest absolute Gasteiger partial charge is 0.237 e. The van der Waals surface area contributed by atoms with Crippen LogP contribution in [-0.2, 0) is 4.79 Å². The second kappa shape index (κ2) is 7.57. The molecule has 1 atom stereocenters. The predicted molar refractivity (Wildman–Crippen MR) is 104 cm³/mol. The molecular formula is C20H21N3OS. The number of imidazole rings is 1. The van der Waals surface area contributed by atoms with Crippen LogP contribution in [0.1, 0.15) is 18.1 Å². The van der Waals surface area contributed by atoms with E-state index in [0.717, 1.165) is 33.2 Å². The first kappa shape index (κ1) is 17.3. The molecule has 2 N–H and O–H groups in total. The molecule has 3 aromatic rings. The summed E-state index contributed by atoms with van der Waals surface area (Å²) in [5.74, 6) is -0.0311. The number of aromatic amines is 1. The van der Waals surface area contributed by atoms with Crippen LogP contribution in [0.25, 0.3) is 11.3 Å². The number of hydrogen-bond donors (Lipinski definition) is 2. The third-order valence-electron chi connectivity index (χ3n) is 3.95. The van der Waals surface area contributed by atoms with Crippen LogP contribution < -0.4 is 5.32 Å². The number of thioether (sulfide) groups is 1. The lowest BCUT2D eigenvalue weighted by atomic mass is 10.1. The van der Waals surface area contributed by atoms with E-state index in [0.29, 0.717) is 0 Å². The molecule has 25 heavy (non-hydrogen) atoms. The highest BCUT2D eigenvalue weighted by molar-refractivity contribution is 8.00. The fourth-order valence-electron chi connectivity index (χ4n) is 2.45. The minimum Gasteiger partial charge on any atom is -0.333 e. The average Bonchev–Trinajstić information content (AvgIpc) is 3.07. The number of benzene rings is 2. The summed E-state index contributed by atoms with van der Waals surface area (Å²) in [4.78, 5) is 20.1. The molecule has 4 nitrogen and oxygen atoms in total. The van der Waals surface area contributed by atoms with Crippen LogP contribution in [0.15, 0.2) is 59.9 Å². The standard InChI is InChI=1S/C20H21N3OS/c1-13-9-10-14(2)17(11-13)22-19(24)15(3)25-20-21-12-18(23-20)16-7-5-4-6-8-16/h4-12,15H,1-3H3,(H,21,23)(H,22,24). The number of nitrogens with one attached hydrogen (secondary N) is 2. The van der Waals surface area contributed by atoms with E-state index >= 15 is 0 Å². The summed E-state index contributed by atoms with van der Waals surface area (Å²) >= 11 is 1.42. The first-order valence-electron chi connectivity index (χ1n) is 8.18. The number of nitrogens with zero attached hydrogens (tertiary/aromatic N) is 1. The molecule has 0 aliphatic rings. The SMILES string of the molecule is Cc1ccc(C)c(NC(=O)C(C)Sc2ncc(-c3ccccc3)[nH]2)c1. The second-order valence-corrected chi connectivity index (χ2v) is 7.37. The minimum absolute atomic E-state index is 0.0311. The summed E-state index contributed by atoms with van der Waals surface area (Å²) in [7, 11) is 0. The van der Waals surface area contributed by atoms with E-state index in [-0.39, 0.29) is 11.2 Å². The van der Waals surface area contributed by atoms with Crippen LogP contribution in [0.4, 0.5) is 5.69 Å². The quantitative estimate of drug-likeness (QED) is 0.648. The Hall–Kier alpha value is -2.53. The first-order chi connectivity index (χ1) is 12.0. The first-order valence-corrected chi connectivity index (χ1v) is 9.06. The van der Waals surface area contributed by atoms with E-state index in [1.165, 1.54) is 11.8 Å². The number of aromatic nitrogens is 2. The zero-order valence-electron chi connectivity index (χ0n) is 14.5. The largest absolute Gasteiger partial charge is 0.333 e. The van der Waals surface area contributed by atoms with Gasteiger partial charge in [-0.2, -0.15) is 0 Å². The lowest BCUT2D eigenvalue weighted by Crippen LogP contribution is -2.23. The monoisotopic (exact) mass is 351 g/mol. The lowest BCUT2D eigenvalue weighted by Gasteiger charge is -2.13. The van der Waals surface area contributed by atoms with Crippen LogP contribution in [0.5, 0.6) is 0 Å². The Morgan fingerprint density at radius 2 is 1.92 bits per heavy atom. The van der Waals surface area contributed by atoms with Gasteiger partial charge in [-0.05, 0) is 43.5 Å². The van der Waals surface area contributed by atoms with Crippen molar-refractivity contribution >= 4 is 23.4 Å². The molecule has 0 saturated heterocycles. The zero-order valence-corrected chi connectivity index (χ0v) is 15.4. The Morgan fingerprint density at radius 3 is 2.68 bits per heavy atom. The Labute approximate surface area is 152 Å². The van der Waals surface area contributed by atoms with Crippen LogP contribution in [0.2, 0.25) is 0 Å². The van der Waals surface area contributed by atoms with Gasteiger partial charge in [0.15, 0.2) is 5.16 Å². The average molecular weight is 351 g/mol. The summed E-state index contributed by atoms with van der Waals surface area (Å²) < 4.78 is 0. The molecule has 0 radical (unpaired) electrons. The van der Waals surface area contributed by atoms with Crippen molar-refractivity contribution in [2.75, 3.05) is 5.32 Å². The van der Waals surface area contributed by atoms with Gasteiger partial charge in [0.2, 0.25) is 5.91 Å². The van der Waals surface area contributed by atoms with Gasteiger partial charge in [-0.25, -0.2) is 4.98 Å². The number of anilines is 1. The highest BCUT2D eigenvalue weighted by Gasteiger charge is 2.17. The molecule has 0 saturated carbocycles. The van der Waals surface area contributed by atoms with Gasteiger partial charge >= 0.3 is 0 Å². The summed E-state index contributed by atoms with van der Waals surface area (Å²) in [6.07, 6.45) is 1.80. The fraction of sp³-hybridized carbons (Fsp3) is 0.200. The van der Waals surface area contributed by atoms with Gasteiger partial charge < -0.3 is 10.3 Å². The number of amides is 1.